The van der Waals surface area contributed by atoms with Crippen LogP contribution >= 0.6 is 0 Å². The van der Waals surface area contributed by atoms with Crippen molar-refractivity contribution in [3.05, 3.63) is 0 Å². The maximum absolute atomic E-state index is 10.4. The minimum Gasteiger partial charge on any atom is -0.378 e. The fourth-order valence-corrected chi connectivity index (χ4v) is 1.88. The fourth-order valence-electron chi connectivity index (χ4n) is 1.88. The van der Waals surface area contributed by atoms with Crippen LogP contribution in [0.4, 0.5) is 0 Å². The van der Waals surface area contributed by atoms with Crippen molar-refractivity contribution in [2.75, 3.05) is 79.4 Å². The first-order chi connectivity index (χ1) is 10.7. The predicted molar refractivity (Wildman–Crippen MR) is 86.9 cm³/mol. The highest BCUT2D eigenvalue weighted by Crippen LogP contribution is 1.98. The van der Waals surface area contributed by atoms with Crippen molar-refractivity contribution in [2.45, 2.75) is 13.8 Å². The Bertz CT molecular complexity index is 259. The van der Waals surface area contributed by atoms with Crippen LogP contribution in [0.3, 0.4) is 0 Å². The Hall–Kier alpha value is -0.730. The lowest BCUT2D eigenvalue weighted by atomic mass is 10.3. The van der Waals surface area contributed by atoms with Crippen LogP contribution in [0.2, 0.25) is 0 Å². The van der Waals surface area contributed by atoms with Gasteiger partial charge in [0.05, 0.1) is 33.0 Å². The quantitative estimate of drug-likeness (QED) is 0.531. The summed E-state index contributed by atoms with van der Waals surface area (Å²) in [6.07, 6.45) is 0. The normalized spacial score (nSPS) is 16.1. The number of likely N-dealkylation sites (N-methyl/N-ethyl adjacent to an activating group) is 1. The molecular weight excluding hydrogens is 286 g/mol. The molecule has 1 aliphatic rings. The molecule has 0 aliphatic carbocycles. The molecule has 1 aliphatic heterocycles. The molecule has 132 valence electrons. The molecule has 7 heteroatoms. The highest BCUT2D eigenvalue weighted by Gasteiger charge is 2.12. The third-order valence-corrected chi connectivity index (χ3v) is 3.14. The van der Waals surface area contributed by atoms with E-state index in [9.17, 15) is 4.79 Å². The van der Waals surface area contributed by atoms with Gasteiger partial charge in [0.15, 0.2) is 0 Å². The van der Waals surface area contributed by atoms with E-state index in [0.29, 0.717) is 26.4 Å². The number of primary amides is 1. The average Bonchev–Trinajstić information content (AvgIpc) is 2.52. The Morgan fingerprint density at radius 3 is 1.95 bits per heavy atom. The topological polar surface area (TPSA) is 77.3 Å². The highest BCUT2D eigenvalue weighted by atomic mass is 16.5. The van der Waals surface area contributed by atoms with Crippen molar-refractivity contribution in [3.8, 4) is 0 Å². The van der Waals surface area contributed by atoms with Gasteiger partial charge < -0.3 is 24.8 Å². The molecule has 0 unspecified atom stereocenters. The largest absolute Gasteiger partial charge is 0.378 e. The smallest absolute Gasteiger partial charge is 0.243 e. The summed E-state index contributed by atoms with van der Waals surface area (Å²) in [6.45, 7) is 12.1. The molecule has 1 amide bonds. The number of nitrogens with zero attached hydrogens (tertiary/aromatic N) is 2. The van der Waals surface area contributed by atoms with Crippen LogP contribution in [-0.2, 0) is 19.0 Å². The molecule has 2 N–H and O–H groups in total. The summed E-state index contributed by atoms with van der Waals surface area (Å²) in [5, 5.41) is 0. The van der Waals surface area contributed by atoms with E-state index in [1.165, 1.54) is 0 Å². The number of carbonyl (C=O) groups is 1. The van der Waals surface area contributed by atoms with Gasteiger partial charge in [-0.05, 0) is 7.05 Å². The lowest BCUT2D eigenvalue weighted by Gasteiger charge is -2.32. The van der Waals surface area contributed by atoms with Crippen molar-refractivity contribution in [2.24, 2.45) is 5.73 Å². The Kier molecular flexibility index (Phi) is 14.7. The monoisotopic (exact) mass is 319 g/mol. The molecule has 1 fully saturated rings. The van der Waals surface area contributed by atoms with Gasteiger partial charge in [-0.1, -0.05) is 13.8 Å². The van der Waals surface area contributed by atoms with Crippen LogP contribution in [0.5, 0.6) is 0 Å². The molecule has 0 atom stereocenters. The SMILES string of the molecule is CC.CN1CCN(CCOCCOCCOCC(N)=O)CC1. The zero-order chi connectivity index (χ0) is 16.6. The molecule has 0 aromatic heterocycles. The van der Waals surface area contributed by atoms with E-state index >= 15 is 0 Å². The number of nitrogens with two attached hydrogens (primary N) is 1. The van der Waals surface area contributed by atoms with Gasteiger partial charge in [0, 0.05) is 32.7 Å². The van der Waals surface area contributed by atoms with Gasteiger partial charge in [0.25, 0.3) is 0 Å². The van der Waals surface area contributed by atoms with Crippen molar-refractivity contribution in [3.63, 3.8) is 0 Å². The molecule has 0 aromatic rings. The molecule has 0 saturated carbocycles. The first kappa shape index (κ1) is 21.3. The first-order valence-corrected chi connectivity index (χ1v) is 8.11. The average molecular weight is 319 g/mol. The Balaban J connectivity index is 0.00000211. The van der Waals surface area contributed by atoms with Crippen molar-refractivity contribution in [1.29, 1.82) is 0 Å². The van der Waals surface area contributed by atoms with Crippen LogP contribution in [0.25, 0.3) is 0 Å². The molecule has 1 rings (SSSR count). The molecular formula is C15H33N3O4. The van der Waals surface area contributed by atoms with Crippen molar-refractivity contribution in [1.82, 2.24) is 9.80 Å². The third kappa shape index (κ3) is 13.0. The number of piperazine rings is 1. The fraction of sp³-hybridized carbons (Fsp3) is 0.933. The molecule has 0 radical (unpaired) electrons. The summed E-state index contributed by atoms with van der Waals surface area (Å²) in [5.74, 6) is -0.461. The number of carbonyl (C=O) groups excluding carboxylic acids is 1. The van der Waals surface area contributed by atoms with Crippen LogP contribution in [-0.4, -0.2) is 95.1 Å². The zero-order valence-corrected chi connectivity index (χ0v) is 14.4. The third-order valence-electron chi connectivity index (χ3n) is 3.14. The van der Waals surface area contributed by atoms with Gasteiger partial charge in [0.1, 0.15) is 6.61 Å². The van der Waals surface area contributed by atoms with Gasteiger partial charge in [-0.3, -0.25) is 9.69 Å². The summed E-state index contributed by atoms with van der Waals surface area (Å²) in [4.78, 5) is 15.1. The maximum atomic E-state index is 10.4. The first-order valence-electron chi connectivity index (χ1n) is 8.11. The Labute approximate surface area is 134 Å². The minimum absolute atomic E-state index is 0.0507. The summed E-state index contributed by atoms with van der Waals surface area (Å²) in [5.41, 5.74) is 4.93. The highest BCUT2D eigenvalue weighted by molar-refractivity contribution is 5.74. The molecule has 0 spiro atoms. The summed E-state index contributed by atoms with van der Waals surface area (Å²) < 4.78 is 15.8. The van der Waals surface area contributed by atoms with E-state index in [1.807, 2.05) is 13.8 Å². The van der Waals surface area contributed by atoms with E-state index in [2.05, 4.69) is 16.8 Å². The molecule has 0 aromatic carbocycles. The van der Waals surface area contributed by atoms with E-state index in [1.54, 1.807) is 0 Å². The molecule has 0 bridgehead atoms. The van der Waals surface area contributed by atoms with Gasteiger partial charge in [-0.15, -0.1) is 0 Å². The second-order valence-corrected chi connectivity index (χ2v) is 4.89. The minimum atomic E-state index is -0.461. The lowest BCUT2D eigenvalue weighted by Crippen LogP contribution is -2.45. The summed E-state index contributed by atoms with van der Waals surface area (Å²) in [6, 6.07) is 0. The van der Waals surface area contributed by atoms with Gasteiger partial charge in [-0.25, -0.2) is 0 Å². The second-order valence-electron chi connectivity index (χ2n) is 4.89. The lowest BCUT2D eigenvalue weighted by molar-refractivity contribution is -0.123. The molecule has 1 saturated heterocycles. The number of hydrogen-bond acceptors (Lipinski definition) is 6. The predicted octanol–water partition coefficient (Wildman–Crippen LogP) is -0.205. The number of hydrogen-bond donors (Lipinski definition) is 1. The zero-order valence-electron chi connectivity index (χ0n) is 14.4. The van der Waals surface area contributed by atoms with E-state index in [4.69, 9.17) is 19.9 Å². The number of ether oxygens (including phenoxy) is 3. The van der Waals surface area contributed by atoms with Gasteiger partial charge >= 0.3 is 0 Å². The summed E-state index contributed by atoms with van der Waals surface area (Å²) >= 11 is 0. The Morgan fingerprint density at radius 1 is 0.909 bits per heavy atom. The molecule has 1 heterocycles. The van der Waals surface area contributed by atoms with Crippen molar-refractivity contribution < 1.29 is 19.0 Å². The van der Waals surface area contributed by atoms with E-state index in [0.717, 1.165) is 39.3 Å². The van der Waals surface area contributed by atoms with E-state index in [-0.39, 0.29) is 6.61 Å². The molecule has 22 heavy (non-hydrogen) atoms. The number of rotatable bonds is 11. The Morgan fingerprint density at radius 2 is 1.41 bits per heavy atom. The van der Waals surface area contributed by atoms with Gasteiger partial charge in [0.2, 0.25) is 5.91 Å². The number of amides is 1. The van der Waals surface area contributed by atoms with Crippen LogP contribution in [0.1, 0.15) is 13.8 Å². The maximum Gasteiger partial charge on any atom is 0.243 e. The standard InChI is InChI=1S/C13H27N3O4.C2H6/c1-15-2-4-16(5-3-15)6-7-18-8-9-19-10-11-20-12-13(14)17;1-2/h2-12H2,1H3,(H2,14,17);1-2H3. The van der Waals surface area contributed by atoms with Crippen LogP contribution < -0.4 is 5.73 Å². The summed E-state index contributed by atoms with van der Waals surface area (Å²) in [7, 11) is 2.15. The van der Waals surface area contributed by atoms with Crippen LogP contribution in [0, 0.1) is 0 Å². The molecule has 7 nitrogen and oxygen atoms in total. The van der Waals surface area contributed by atoms with Crippen LogP contribution in [0.15, 0.2) is 0 Å². The van der Waals surface area contributed by atoms with E-state index < -0.39 is 5.91 Å². The van der Waals surface area contributed by atoms with Crippen molar-refractivity contribution >= 4 is 5.91 Å². The second kappa shape index (κ2) is 15.2. The van der Waals surface area contributed by atoms with Gasteiger partial charge in [-0.2, -0.15) is 0 Å².